The molecule has 2 aromatic heterocycles. The normalized spacial score (nSPS) is 14.3. The average molecular weight is 487 g/mol. The first kappa shape index (κ1) is 23.1. The van der Waals surface area contributed by atoms with E-state index in [-0.39, 0.29) is 5.91 Å². The van der Waals surface area contributed by atoms with Gasteiger partial charge in [0.05, 0.1) is 16.8 Å². The number of para-hydroxylation sites is 1. The molecule has 0 bridgehead atoms. The summed E-state index contributed by atoms with van der Waals surface area (Å²) in [6, 6.07) is 17.3. The molecular weight excluding hydrogens is 460 g/mol. The van der Waals surface area contributed by atoms with Crippen molar-refractivity contribution < 1.29 is 14.3 Å². The number of pyridine rings is 1. The highest BCUT2D eigenvalue weighted by molar-refractivity contribution is 7.14. The number of esters is 1. The number of hydrogen-bond acceptors (Lipinski definition) is 7. The van der Waals surface area contributed by atoms with Gasteiger partial charge in [0.15, 0.2) is 11.2 Å². The summed E-state index contributed by atoms with van der Waals surface area (Å²) in [7, 11) is 2.02. The van der Waals surface area contributed by atoms with Crippen LogP contribution in [0.4, 0.5) is 5.13 Å². The summed E-state index contributed by atoms with van der Waals surface area (Å²) < 4.78 is 5.80. The van der Waals surface area contributed by atoms with Gasteiger partial charge in [-0.25, -0.2) is 9.78 Å². The number of amides is 1. The van der Waals surface area contributed by atoms with E-state index in [1.54, 1.807) is 0 Å². The van der Waals surface area contributed by atoms with Gasteiger partial charge in [-0.2, -0.15) is 0 Å². The van der Waals surface area contributed by atoms with Crippen LogP contribution in [0.5, 0.6) is 0 Å². The van der Waals surface area contributed by atoms with Gasteiger partial charge in [0, 0.05) is 47.1 Å². The zero-order valence-electron chi connectivity index (χ0n) is 19.7. The Morgan fingerprint density at radius 1 is 1.11 bits per heavy atom. The van der Waals surface area contributed by atoms with E-state index in [1.165, 1.54) is 11.3 Å². The first-order valence-corrected chi connectivity index (χ1v) is 12.5. The van der Waals surface area contributed by atoms with Gasteiger partial charge in [0.1, 0.15) is 0 Å². The van der Waals surface area contributed by atoms with Gasteiger partial charge in [0.2, 0.25) is 0 Å². The van der Waals surface area contributed by atoms with Crippen LogP contribution in [-0.4, -0.2) is 46.4 Å². The summed E-state index contributed by atoms with van der Waals surface area (Å²) in [5.74, 6) is -0.888. The van der Waals surface area contributed by atoms with Crippen LogP contribution in [-0.2, 0) is 22.5 Å². The van der Waals surface area contributed by atoms with Gasteiger partial charge >= 0.3 is 5.97 Å². The molecule has 0 radical (unpaired) electrons. The van der Waals surface area contributed by atoms with Crippen molar-refractivity contribution in [1.29, 1.82) is 0 Å². The third-order valence-electron chi connectivity index (χ3n) is 6.16. The van der Waals surface area contributed by atoms with E-state index in [0.717, 1.165) is 46.4 Å². The molecule has 0 saturated carbocycles. The van der Waals surface area contributed by atoms with Gasteiger partial charge in [0.25, 0.3) is 5.91 Å². The summed E-state index contributed by atoms with van der Waals surface area (Å²) in [5, 5.41) is 5.92. The molecule has 0 fully saturated rings. The number of thiazole rings is 1. The Morgan fingerprint density at radius 2 is 1.89 bits per heavy atom. The molecule has 178 valence electrons. The maximum Gasteiger partial charge on any atom is 0.340 e. The predicted octanol–water partition coefficient (Wildman–Crippen LogP) is 4.92. The van der Waals surface area contributed by atoms with Crippen LogP contribution in [0.1, 0.15) is 35.0 Å². The van der Waals surface area contributed by atoms with Crippen molar-refractivity contribution in [3.05, 3.63) is 76.8 Å². The number of aromatic nitrogens is 2. The van der Waals surface area contributed by atoms with Gasteiger partial charge in [-0.15, -0.1) is 11.3 Å². The summed E-state index contributed by atoms with van der Waals surface area (Å²) >= 11 is 1.34. The molecule has 7 nitrogen and oxygen atoms in total. The van der Waals surface area contributed by atoms with E-state index < -0.39 is 12.1 Å². The summed E-state index contributed by atoms with van der Waals surface area (Å²) in [6.07, 6.45) is 0.178. The molecule has 3 heterocycles. The van der Waals surface area contributed by atoms with Gasteiger partial charge in [-0.3, -0.25) is 15.1 Å². The van der Waals surface area contributed by atoms with Crippen LogP contribution in [0.25, 0.3) is 22.2 Å². The SMILES string of the molecule is CCC(OC(=O)c1c2c(nc3ccccc13)CCN(C)C2)C(=O)Nc1nc(-c2ccccc2)cs1. The van der Waals surface area contributed by atoms with Gasteiger partial charge in [-0.05, 0) is 19.5 Å². The zero-order valence-corrected chi connectivity index (χ0v) is 20.5. The largest absolute Gasteiger partial charge is 0.449 e. The summed E-state index contributed by atoms with van der Waals surface area (Å²) in [4.78, 5) is 38.0. The molecule has 1 N–H and O–H groups in total. The number of ether oxygens (including phenoxy) is 1. The third-order valence-corrected chi connectivity index (χ3v) is 6.92. The lowest BCUT2D eigenvalue weighted by molar-refractivity contribution is -0.124. The Morgan fingerprint density at radius 3 is 2.69 bits per heavy atom. The average Bonchev–Trinajstić information content (AvgIpc) is 3.34. The van der Waals surface area contributed by atoms with Crippen molar-refractivity contribution in [2.75, 3.05) is 18.9 Å². The molecule has 0 spiro atoms. The van der Waals surface area contributed by atoms with Crippen LogP contribution >= 0.6 is 11.3 Å². The van der Waals surface area contributed by atoms with Crippen molar-refractivity contribution in [2.24, 2.45) is 0 Å². The lowest BCUT2D eigenvalue weighted by atomic mass is 9.96. The smallest absolute Gasteiger partial charge is 0.340 e. The minimum Gasteiger partial charge on any atom is -0.449 e. The maximum absolute atomic E-state index is 13.5. The van der Waals surface area contributed by atoms with E-state index >= 15 is 0 Å². The fourth-order valence-electron chi connectivity index (χ4n) is 4.33. The highest BCUT2D eigenvalue weighted by Crippen LogP contribution is 2.29. The Bertz CT molecular complexity index is 1390. The van der Waals surface area contributed by atoms with Crippen LogP contribution in [0.2, 0.25) is 0 Å². The first-order chi connectivity index (χ1) is 17.0. The minimum atomic E-state index is -0.935. The molecule has 1 atom stereocenters. The molecule has 5 rings (SSSR count). The number of likely N-dealkylation sites (N-methyl/N-ethyl adjacent to an activating group) is 1. The number of carbonyl (C=O) groups is 2. The van der Waals surface area contributed by atoms with Gasteiger partial charge < -0.3 is 9.64 Å². The Labute approximate surface area is 207 Å². The van der Waals surface area contributed by atoms with Crippen molar-refractivity contribution >= 4 is 39.2 Å². The number of carbonyl (C=O) groups excluding carboxylic acids is 2. The van der Waals surface area contributed by atoms with E-state index in [0.29, 0.717) is 23.7 Å². The van der Waals surface area contributed by atoms with Crippen LogP contribution in [0, 0.1) is 0 Å². The lowest BCUT2D eigenvalue weighted by Gasteiger charge is -2.27. The number of anilines is 1. The topological polar surface area (TPSA) is 84.4 Å². The second-order valence-corrected chi connectivity index (χ2v) is 9.47. The number of rotatable bonds is 6. The molecule has 2 aromatic carbocycles. The monoisotopic (exact) mass is 486 g/mol. The zero-order chi connectivity index (χ0) is 24.4. The van der Waals surface area contributed by atoms with Crippen molar-refractivity contribution in [2.45, 2.75) is 32.4 Å². The molecule has 1 amide bonds. The number of nitrogens with zero attached hydrogens (tertiary/aromatic N) is 3. The molecule has 4 aromatic rings. The highest BCUT2D eigenvalue weighted by Gasteiger charge is 2.29. The second-order valence-electron chi connectivity index (χ2n) is 8.61. The fourth-order valence-corrected chi connectivity index (χ4v) is 5.05. The number of benzene rings is 2. The second kappa shape index (κ2) is 9.93. The minimum absolute atomic E-state index is 0.347. The number of fused-ring (bicyclic) bond motifs is 2. The molecule has 0 saturated heterocycles. The van der Waals surface area contributed by atoms with E-state index in [1.807, 2.05) is 73.9 Å². The molecule has 1 aliphatic rings. The Balaban J connectivity index is 1.38. The molecule has 8 heteroatoms. The quantitative estimate of drug-likeness (QED) is 0.390. The van der Waals surface area contributed by atoms with Crippen LogP contribution < -0.4 is 5.32 Å². The standard InChI is InChI=1S/C27H26N4O3S/c1-3-23(25(32)30-27-29-22(16-35-27)17-9-5-4-6-10-17)34-26(33)24-18-11-7-8-12-20(18)28-21-13-14-31(2)15-19(21)24/h4-12,16,23H,3,13-15H2,1-2H3,(H,29,30,32). The van der Waals surface area contributed by atoms with E-state index in [9.17, 15) is 9.59 Å². The molecule has 1 unspecified atom stereocenters. The third kappa shape index (κ3) is 4.80. The van der Waals surface area contributed by atoms with Crippen molar-refractivity contribution in [1.82, 2.24) is 14.9 Å². The Kier molecular flexibility index (Phi) is 6.57. The first-order valence-electron chi connectivity index (χ1n) is 11.6. The molecule has 1 aliphatic heterocycles. The van der Waals surface area contributed by atoms with Crippen molar-refractivity contribution in [3.63, 3.8) is 0 Å². The number of nitrogens with one attached hydrogen (secondary N) is 1. The predicted molar refractivity (Wildman–Crippen MR) is 137 cm³/mol. The molecule has 0 aliphatic carbocycles. The van der Waals surface area contributed by atoms with Crippen LogP contribution in [0.3, 0.4) is 0 Å². The van der Waals surface area contributed by atoms with Gasteiger partial charge in [-0.1, -0.05) is 55.5 Å². The van der Waals surface area contributed by atoms with Crippen LogP contribution in [0.15, 0.2) is 60.0 Å². The maximum atomic E-state index is 13.5. The Hall–Kier alpha value is -3.62. The van der Waals surface area contributed by atoms with E-state index in [4.69, 9.17) is 9.72 Å². The summed E-state index contributed by atoms with van der Waals surface area (Å²) in [5.41, 5.74) is 4.82. The highest BCUT2D eigenvalue weighted by atomic mass is 32.1. The lowest BCUT2D eigenvalue weighted by Crippen LogP contribution is -2.34. The molecule has 35 heavy (non-hydrogen) atoms. The fraction of sp³-hybridized carbons (Fsp3) is 0.259. The number of hydrogen-bond donors (Lipinski definition) is 1. The summed E-state index contributed by atoms with van der Waals surface area (Å²) in [6.45, 7) is 3.32. The molecular formula is C27H26N4O3S. The van der Waals surface area contributed by atoms with Crippen molar-refractivity contribution in [3.8, 4) is 11.3 Å². The van der Waals surface area contributed by atoms with E-state index in [2.05, 4.69) is 15.2 Å².